The summed E-state index contributed by atoms with van der Waals surface area (Å²) >= 11 is 0. The maximum Gasteiger partial charge on any atom is 0.326 e. The van der Waals surface area contributed by atoms with Crippen molar-refractivity contribution in [3.8, 4) is 5.75 Å². The summed E-state index contributed by atoms with van der Waals surface area (Å²) in [4.78, 5) is 204. The highest BCUT2D eigenvalue weighted by Gasteiger charge is 2.38. The summed E-state index contributed by atoms with van der Waals surface area (Å²) < 4.78 is 0. The van der Waals surface area contributed by atoms with Crippen LogP contribution in [0.3, 0.4) is 0 Å². The number of aliphatic imine (C=N–C) groups is 1. The second kappa shape index (κ2) is 44.2. The second-order valence-electron chi connectivity index (χ2n) is 24.7. The maximum atomic E-state index is 14.4. The van der Waals surface area contributed by atoms with Gasteiger partial charge in [0, 0.05) is 32.7 Å². The Morgan fingerprint density at radius 3 is 1.31 bits per heavy atom. The zero-order valence-electron chi connectivity index (χ0n) is 56.8. The van der Waals surface area contributed by atoms with Crippen molar-refractivity contribution in [3.05, 3.63) is 29.8 Å². The first-order chi connectivity index (χ1) is 45.8. The molecule has 0 bridgehead atoms. The number of phenols is 1. The molecule has 1 aromatic rings. The fourth-order valence-electron chi connectivity index (χ4n) is 9.60. The molecule has 0 radical (unpaired) electrons. The molecular weight excluding hydrogens is 1290 g/mol. The van der Waals surface area contributed by atoms with Gasteiger partial charge in [0.05, 0.1) is 12.5 Å². The summed E-state index contributed by atoms with van der Waals surface area (Å²) in [6.07, 6.45) is -5.22. The van der Waals surface area contributed by atoms with Gasteiger partial charge in [0.2, 0.25) is 65.0 Å². The first-order valence-corrected chi connectivity index (χ1v) is 32.2. The number of aliphatic hydroxyl groups excluding tert-OH is 1. The molecule has 0 spiro atoms. The Morgan fingerprint density at radius 2 is 0.867 bits per heavy atom. The summed E-state index contributed by atoms with van der Waals surface area (Å²) in [6, 6.07) is -12.0. The molecule has 36 nitrogen and oxygen atoms in total. The Labute approximate surface area is 567 Å². The van der Waals surface area contributed by atoms with Gasteiger partial charge in [-0.3, -0.25) is 72.1 Å². The van der Waals surface area contributed by atoms with Crippen LogP contribution in [-0.2, 0) is 78.3 Å². The lowest BCUT2D eigenvalue weighted by molar-refractivity contribution is -0.143. The summed E-state index contributed by atoms with van der Waals surface area (Å²) in [5.41, 5.74) is 16.9. The average Bonchev–Trinajstić information content (AvgIpc) is 0.860. The predicted octanol–water partition coefficient (Wildman–Crippen LogP) is -3.70. The number of nitrogens with two attached hydrogens (primary N) is 3. The van der Waals surface area contributed by atoms with Gasteiger partial charge in [-0.1, -0.05) is 60.1 Å². The molecule has 0 aliphatic rings. The number of aromatic hydroxyl groups is 1. The highest BCUT2D eigenvalue weighted by Crippen LogP contribution is 2.16. The zero-order valence-corrected chi connectivity index (χ0v) is 56.8. The maximum absolute atomic E-state index is 14.4. The number of hydrogen-bond acceptors (Lipinski definition) is 19. The molecular formula is C62H101N15O21. The van der Waals surface area contributed by atoms with Gasteiger partial charge in [-0.2, -0.15) is 0 Å². The van der Waals surface area contributed by atoms with Gasteiger partial charge < -0.3 is 106 Å². The molecule has 0 aliphatic carbocycles. The fourth-order valence-corrected chi connectivity index (χ4v) is 9.60. The normalized spacial score (nSPS) is 15.1. The molecule has 1 aromatic carbocycles. The molecule has 0 saturated heterocycles. The molecule has 0 unspecified atom stereocenters. The molecule has 1 rings (SSSR count). The number of aliphatic hydroxyl groups is 1. The first kappa shape index (κ1) is 86.3. The monoisotopic (exact) mass is 1390 g/mol. The number of nitrogens with one attached hydrogen (secondary N) is 11. The van der Waals surface area contributed by atoms with E-state index in [2.05, 4.69) is 63.5 Å². The number of nitrogens with zero attached hydrogens (tertiary/aromatic N) is 1. The number of guanidine groups is 1. The van der Waals surface area contributed by atoms with E-state index in [0.717, 1.165) is 13.8 Å². The van der Waals surface area contributed by atoms with Crippen LogP contribution in [0.1, 0.15) is 151 Å². The lowest BCUT2D eigenvalue weighted by Gasteiger charge is -2.29. The Bertz CT molecular complexity index is 2930. The van der Waals surface area contributed by atoms with Gasteiger partial charge in [0.25, 0.3) is 0 Å². The molecule has 11 amide bonds. The van der Waals surface area contributed by atoms with E-state index in [1.807, 2.05) is 0 Å². The Kier molecular flexibility index (Phi) is 38.9. The third kappa shape index (κ3) is 33.8. The number of carbonyl (C=O) groups is 15. The van der Waals surface area contributed by atoms with Crippen molar-refractivity contribution >= 4 is 94.8 Å². The average molecular weight is 1390 g/mol. The van der Waals surface area contributed by atoms with E-state index in [-0.39, 0.29) is 69.1 Å². The van der Waals surface area contributed by atoms with Crippen molar-refractivity contribution in [2.24, 2.45) is 39.9 Å². The number of hydrogen-bond donors (Lipinski definition) is 20. The number of unbranched alkanes of at least 4 members (excludes halogenated alkanes) is 1. The number of rotatable bonds is 47. The van der Waals surface area contributed by atoms with Crippen molar-refractivity contribution in [2.45, 2.75) is 225 Å². The third-order valence-electron chi connectivity index (χ3n) is 15.1. The summed E-state index contributed by atoms with van der Waals surface area (Å²) in [7, 11) is 0. The SMILES string of the molecule is CC[C@H](C)[C@H](NC(=O)[C@H](CC(C)C)NC(=O)[C@H](CC(=O)O)NC(=O)[C@H](CCC(=O)O)NC(=O)[C@H](CCCN=C(N)N)NC(=O)[C@H](CCC(=O)O)NC(=O)[C@@H](NC(C)=O)[C@@H](C)O)C(=O)N[C@@H](C)C(=O)N[C@@H](Cc1ccc(O)cc1)C(=O)N[C@@H](CC(C)C)C(=O)N[C@@H](CCCCN)C(=O)O. The quantitative estimate of drug-likeness (QED) is 0.0170. The first-order valence-electron chi connectivity index (χ1n) is 32.2. The topological polar surface area (TPSA) is 600 Å². The summed E-state index contributed by atoms with van der Waals surface area (Å²) in [6.45, 7) is 13.7. The second-order valence-corrected chi connectivity index (χ2v) is 24.7. The van der Waals surface area contributed by atoms with Crippen molar-refractivity contribution in [1.29, 1.82) is 0 Å². The predicted molar refractivity (Wildman–Crippen MR) is 351 cm³/mol. The molecule has 0 saturated carbocycles. The van der Waals surface area contributed by atoms with Gasteiger partial charge in [-0.15, -0.1) is 0 Å². The van der Waals surface area contributed by atoms with Crippen LogP contribution in [0.2, 0.25) is 0 Å². The fraction of sp³-hybridized carbons (Fsp3) is 0.645. The van der Waals surface area contributed by atoms with Crippen LogP contribution in [0, 0.1) is 17.8 Å². The number of benzene rings is 1. The number of carboxylic acid groups (broad SMARTS) is 4. The minimum absolute atomic E-state index is 0.0485. The van der Waals surface area contributed by atoms with Crippen molar-refractivity contribution in [3.63, 3.8) is 0 Å². The number of amides is 11. The van der Waals surface area contributed by atoms with E-state index in [0.29, 0.717) is 24.9 Å². The molecule has 0 aliphatic heterocycles. The van der Waals surface area contributed by atoms with E-state index in [9.17, 15) is 103 Å². The van der Waals surface area contributed by atoms with Crippen LogP contribution in [0.25, 0.3) is 0 Å². The standard InChI is InChI=1S/C62H101N15O21/c1-10-32(6)49(59(95)67-33(7)51(87)73-44(28-36-16-18-37(80)19-17-36)56(92)74-42(26-30(2)3)55(91)72-41(61(97)98)14-11-12-24-63)77-58(94)43(27-31(4)5)75-57(93)45(29-48(85)86)76-54(90)39(20-22-46(81)82)70-52(88)38(15-13-25-66-62(64)65)69-53(89)40(21-23-47(83)84)71-60(96)50(34(8)78)68-35(9)79/h16-19,30-34,38-45,49-50,78,80H,10-15,20-29,63H2,1-9H3,(H,67,95)(H,68,79)(H,69,89)(H,70,88)(H,71,96)(H,72,91)(H,73,87)(H,74,92)(H,75,93)(H,76,90)(H,77,94)(H,81,82)(H,83,84)(H,85,86)(H,97,98)(H4,64,65,66)/t32-,33-,34+,38-,39-,40-,41-,42-,43-,44-,45-,49-,50-/m0/s1. The molecule has 98 heavy (non-hydrogen) atoms. The third-order valence-corrected chi connectivity index (χ3v) is 15.1. The van der Waals surface area contributed by atoms with Crippen LogP contribution in [0.4, 0.5) is 0 Å². The Hall–Kier alpha value is -9.74. The van der Waals surface area contributed by atoms with Gasteiger partial charge in [-0.05, 0) is 114 Å². The van der Waals surface area contributed by atoms with E-state index in [1.165, 1.54) is 31.2 Å². The lowest BCUT2D eigenvalue weighted by atomic mass is 9.96. The van der Waals surface area contributed by atoms with Crippen LogP contribution >= 0.6 is 0 Å². The number of carbonyl (C=O) groups excluding carboxylic acids is 11. The summed E-state index contributed by atoms with van der Waals surface area (Å²) in [5.74, 6) is -19.1. The minimum Gasteiger partial charge on any atom is -0.508 e. The smallest absolute Gasteiger partial charge is 0.326 e. The molecule has 0 aromatic heterocycles. The van der Waals surface area contributed by atoms with Crippen molar-refractivity contribution in [2.75, 3.05) is 13.1 Å². The molecule has 23 N–H and O–H groups in total. The molecule has 13 atom stereocenters. The Morgan fingerprint density at radius 1 is 0.459 bits per heavy atom. The van der Waals surface area contributed by atoms with Crippen LogP contribution in [-0.4, -0.2) is 211 Å². The zero-order chi connectivity index (χ0) is 74.7. The highest BCUT2D eigenvalue weighted by molar-refractivity contribution is 6.00. The van der Waals surface area contributed by atoms with E-state index < -0.39 is 205 Å². The number of aliphatic carboxylic acids is 4. The Balaban J connectivity index is 3.65. The van der Waals surface area contributed by atoms with Gasteiger partial charge >= 0.3 is 23.9 Å². The van der Waals surface area contributed by atoms with Gasteiger partial charge in [-0.25, -0.2) is 4.79 Å². The summed E-state index contributed by atoms with van der Waals surface area (Å²) in [5, 5.41) is 85.5. The van der Waals surface area contributed by atoms with Gasteiger partial charge in [0.15, 0.2) is 5.96 Å². The van der Waals surface area contributed by atoms with E-state index >= 15 is 0 Å². The molecule has 0 fully saturated rings. The minimum atomic E-state index is -2.07. The van der Waals surface area contributed by atoms with Gasteiger partial charge in [0.1, 0.15) is 72.2 Å². The van der Waals surface area contributed by atoms with Crippen molar-refractivity contribution < 1.29 is 103 Å². The lowest BCUT2D eigenvalue weighted by Crippen LogP contribution is -2.61. The largest absolute Gasteiger partial charge is 0.508 e. The van der Waals surface area contributed by atoms with Crippen LogP contribution in [0.5, 0.6) is 5.75 Å². The molecule has 36 heteroatoms. The molecule has 550 valence electrons. The van der Waals surface area contributed by atoms with Crippen LogP contribution in [0.15, 0.2) is 29.3 Å². The molecule has 0 heterocycles. The number of phenolic OH excluding ortho intramolecular Hbond substituents is 1. The van der Waals surface area contributed by atoms with Crippen molar-refractivity contribution in [1.82, 2.24) is 58.5 Å². The van der Waals surface area contributed by atoms with Crippen LogP contribution < -0.4 is 75.7 Å². The van der Waals surface area contributed by atoms with E-state index in [4.69, 9.17) is 17.2 Å². The number of carboxylic acids is 4. The van der Waals surface area contributed by atoms with E-state index in [1.54, 1.807) is 41.5 Å². The highest BCUT2D eigenvalue weighted by atomic mass is 16.4.